The lowest BCUT2D eigenvalue weighted by atomic mass is 10.0. The van der Waals surface area contributed by atoms with Gasteiger partial charge in [-0.2, -0.15) is 0 Å². The second-order valence-electron chi connectivity index (χ2n) is 3.80. The zero-order valence-electron chi connectivity index (χ0n) is 7.25. The summed E-state index contributed by atoms with van der Waals surface area (Å²) in [5.41, 5.74) is 0. The van der Waals surface area contributed by atoms with E-state index in [0.717, 1.165) is 12.6 Å². The van der Waals surface area contributed by atoms with Gasteiger partial charge < -0.3 is 4.74 Å². The van der Waals surface area contributed by atoms with Crippen LogP contribution in [0.5, 0.6) is 0 Å². The maximum absolute atomic E-state index is 5.22. The van der Waals surface area contributed by atoms with Crippen LogP contribution in [0, 0.1) is 0 Å². The number of nitrogens with zero attached hydrogens (tertiary/aromatic N) is 1. The number of epoxide rings is 1. The first kappa shape index (κ1) is 7.56. The largest absolute Gasteiger partial charge is 0.372 e. The predicted octanol–water partition coefficient (Wildman–Crippen LogP) is 1.26. The first-order valence-corrected chi connectivity index (χ1v) is 4.72. The molecule has 2 atom stereocenters. The Kier molecular flexibility index (Phi) is 2.14. The second-order valence-corrected chi connectivity index (χ2v) is 3.80. The lowest BCUT2D eigenvalue weighted by Gasteiger charge is -2.32. The van der Waals surface area contributed by atoms with Crippen LogP contribution >= 0.6 is 0 Å². The molecule has 2 aliphatic rings. The van der Waals surface area contributed by atoms with Crippen LogP contribution in [0.4, 0.5) is 0 Å². The first-order chi connectivity index (χ1) is 5.36. The molecule has 0 aliphatic carbocycles. The van der Waals surface area contributed by atoms with E-state index in [2.05, 4.69) is 11.8 Å². The van der Waals surface area contributed by atoms with Crippen molar-refractivity contribution in [2.45, 2.75) is 38.3 Å². The lowest BCUT2D eigenvalue weighted by Crippen LogP contribution is -2.39. The zero-order chi connectivity index (χ0) is 7.68. The van der Waals surface area contributed by atoms with Gasteiger partial charge in [-0.05, 0) is 26.3 Å². The second kappa shape index (κ2) is 3.11. The Morgan fingerprint density at radius 1 is 1.45 bits per heavy atom. The maximum Gasteiger partial charge on any atom is 0.0936 e. The summed E-state index contributed by atoms with van der Waals surface area (Å²) in [6.07, 6.45) is 4.77. The monoisotopic (exact) mass is 155 g/mol. The van der Waals surface area contributed by atoms with Crippen LogP contribution < -0.4 is 0 Å². The molecule has 2 rings (SSSR count). The highest BCUT2D eigenvalue weighted by Gasteiger charge is 2.28. The van der Waals surface area contributed by atoms with Gasteiger partial charge in [-0.25, -0.2) is 0 Å². The summed E-state index contributed by atoms with van der Waals surface area (Å²) in [5, 5.41) is 0. The van der Waals surface area contributed by atoms with Gasteiger partial charge in [0.05, 0.1) is 12.7 Å². The van der Waals surface area contributed by atoms with E-state index in [1.54, 1.807) is 0 Å². The average Bonchev–Trinajstić information content (AvgIpc) is 2.78. The Hall–Kier alpha value is -0.0800. The molecule has 0 bridgehead atoms. The fourth-order valence-corrected chi connectivity index (χ4v) is 1.86. The fraction of sp³-hybridized carbons (Fsp3) is 1.00. The Morgan fingerprint density at radius 3 is 2.91 bits per heavy atom. The average molecular weight is 155 g/mol. The third-order valence-electron chi connectivity index (χ3n) is 2.78. The van der Waals surface area contributed by atoms with Crippen molar-refractivity contribution in [3.63, 3.8) is 0 Å². The summed E-state index contributed by atoms with van der Waals surface area (Å²) in [7, 11) is 0. The molecule has 0 aromatic rings. The SMILES string of the molecule is C[C@H]1CCCCN1C[C@H]1CO1. The highest BCUT2D eigenvalue weighted by Crippen LogP contribution is 2.19. The Labute approximate surface area is 68.5 Å². The van der Waals surface area contributed by atoms with Crippen LogP contribution in [0.25, 0.3) is 0 Å². The number of likely N-dealkylation sites (tertiary alicyclic amines) is 1. The highest BCUT2D eigenvalue weighted by molar-refractivity contribution is 4.80. The van der Waals surface area contributed by atoms with Gasteiger partial charge in [0.15, 0.2) is 0 Å². The topological polar surface area (TPSA) is 15.8 Å². The van der Waals surface area contributed by atoms with Crippen molar-refractivity contribution >= 4 is 0 Å². The smallest absolute Gasteiger partial charge is 0.0936 e. The van der Waals surface area contributed by atoms with Crippen molar-refractivity contribution in [1.29, 1.82) is 0 Å². The van der Waals surface area contributed by atoms with E-state index in [4.69, 9.17) is 4.74 Å². The summed E-state index contributed by atoms with van der Waals surface area (Å²) in [4.78, 5) is 2.57. The minimum atomic E-state index is 0.579. The summed E-state index contributed by atoms with van der Waals surface area (Å²) < 4.78 is 5.22. The van der Waals surface area contributed by atoms with E-state index in [-0.39, 0.29) is 0 Å². The number of hydrogen-bond donors (Lipinski definition) is 0. The molecule has 2 heterocycles. The molecule has 0 amide bonds. The number of rotatable bonds is 2. The van der Waals surface area contributed by atoms with Crippen LogP contribution in [-0.2, 0) is 4.74 Å². The molecule has 2 nitrogen and oxygen atoms in total. The van der Waals surface area contributed by atoms with E-state index in [1.807, 2.05) is 0 Å². The van der Waals surface area contributed by atoms with E-state index >= 15 is 0 Å². The summed E-state index contributed by atoms with van der Waals surface area (Å²) in [6.45, 7) is 5.81. The molecule has 0 N–H and O–H groups in total. The number of hydrogen-bond acceptors (Lipinski definition) is 2. The molecule has 0 radical (unpaired) electrons. The molecule has 0 spiro atoms. The minimum absolute atomic E-state index is 0.579. The molecule has 64 valence electrons. The van der Waals surface area contributed by atoms with Crippen molar-refractivity contribution in [3.8, 4) is 0 Å². The Morgan fingerprint density at radius 2 is 2.27 bits per heavy atom. The van der Waals surface area contributed by atoms with E-state index in [0.29, 0.717) is 6.10 Å². The van der Waals surface area contributed by atoms with Gasteiger partial charge in [-0.3, -0.25) is 4.90 Å². The highest BCUT2D eigenvalue weighted by atomic mass is 16.6. The van der Waals surface area contributed by atoms with E-state index in [9.17, 15) is 0 Å². The summed E-state index contributed by atoms with van der Waals surface area (Å²) >= 11 is 0. The third kappa shape index (κ3) is 1.94. The summed E-state index contributed by atoms with van der Waals surface area (Å²) in [5.74, 6) is 0. The van der Waals surface area contributed by atoms with Crippen molar-refractivity contribution in [2.24, 2.45) is 0 Å². The molecule has 0 saturated carbocycles. The zero-order valence-corrected chi connectivity index (χ0v) is 7.25. The van der Waals surface area contributed by atoms with Gasteiger partial charge in [-0.1, -0.05) is 6.42 Å². The maximum atomic E-state index is 5.22. The third-order valence-corrected chi connectivity index (χ3v) is 2.78. The van der Waals surface area contributed by atoms with E-state index < -0.39 is 0 Å². The molecule has 0 aromatic heterocycles. The van der Waals surface area contributed by atoms with Crippen LogP contribution in [-0.4, -0.2) is 36.7 Å². The number of piperidine rings is 1. The summed E-state index contributed by atoms with van der Waals surface area (Å²) in [6, 6.07) is 0.799. The molecule has 11 heavy (non-hydrogen) atoms. The molecule has 2 fully saturated rings. The first-order valence-electron chi connectivity index (χ1n) is 4.72. The normalized spacial score (nSPS) is 39.0. The van der Waals surface area contributed by atoms with E-state index in [1.165, 1.54) is 32.4 Å². The quantitative estimate of drug-likeness (QED) is 0.558. The Bertz CT molecular complexity index is 134. The molecular formula is C9H17NO. The molecule has 2 saturated heterocycles. The van der Waals surface area contributed by atoms with Crippen LogP contribution in [0.2, 0.25) is 0 Å². The molecule has 2 heteroatoms. The molecule has 0 unspecified atom stereocenters. The van der Waals surface area contributed by atoms with Crippen LogP contribution in [0.15, 0.2) is 0 Å². The lowest BCUT2D eigenvalue weighted by molar-refractivity contribution is 0.147. The molecular weight excluding hydrogens is 138 g/mol. The van der Waals surface area contributed by atoms with Gasteiger partial charge in [0.1, 0.15) is 0 Å². The molecule has 0 aromatic carbocycles. The molecule has 2 aliphatic heterocycles. The minimum Gasteiger partial charge on any atom is -0.372 e. The predicted molar refractivity (Wildman–Crippen MR) is 44.6 cm³/mol. The van der Waals surface area contributed by atoms with Crippen LogP contribution in [0.1, 0.15) is 26.2 Å². The number of ether oxygens (including phenoxy) is 1. The standard InChI is InChI=1S/C9H17NO/c1-8-4-2-3-5-10(8)6-9-7-11-9/h8-9H,2-7H2,1H3/t8-,9-/m0/s1. The van der Waals surface area contributed by atoms with Gasteiger partial charge >= 0.3 is 0 Å². The van der Waals surface area contributed by atoms with Crippen molar-refractivity contribution in [2.75, 3.05) is 19.7 Å². The van der Waals surface area contributed by atoms with Crippen LogP contribution in [0.3, 0.4) is 0 Å². The van der Waals surface area contributed by atoms with Crippen molar-refractivity contribution in [3.05, 3.63) is 0 Å². The van der Waals surface area contributed by atoms with Gasteiger partial charge in [0, 0.05) is 12.6 Å². The van der Waals surface area contributed by atoms with Gasteiger partial charge in [0.2, 0.25) is 0 Å². The van der Waals surface area contributed by atoms with Crippen molar-refractivity contribution < 1.29 is 4.74 Å². The van der Waals surface area contributed by atoms with Crippen molar-refractivity contribution in [1.82, 2.24) is 4.90 Å². The van der Waals surface area contributed by atoms with Gasteiger partial charge in [-0.15, -0.1) is 0 Å². The van der Waals surface area contributed by atoms with Gasteiger partial charge in [0.25, 0.3) is 0 Å². The fourth-order valence-electron chi connectivity index (χ4n) is 1.86. The Balaban J connectivity index is 1.78.